The maximum Gasteiger partial charge on any atom is 0.227 e. The van der Waals surface area contributed by atoms with Crippen molar-refractivity contribution in [2.24, 2.45) is 0 Å². The number of hydrogen-bond acceptors (Lipinski definition) is 6. The Balaban J connectivity index is 1.19. The van der Waals surface area contributed by atoms with Gasteiger partial charge in [0, 0.05) is 31.2 Å². The van der Waals surface area contributed by atoms with Crippen LogP contribution in [-0.4, -0.2) is 74.7 Å². The van der Waals surface area contributed by atoms with Crippen molar-refractivity contribution in [1.82, 2.24) is 30.0 Å². The van der Waals surface area contributed by atoms with Gasteiger partial charge in [-0.2, -0.15) is 0 Å². The zero-order valence-corrected chi connectivity index (χ0v) is 19.5. The Kier molecular flexibility index (Phi) is 6.28. The molecule has 2 aromatic carbocycles. The van der Waals surface area contributed by atoms with E-state index >= 15 is 0 Å². The van der Waals surface area contributed by atoms with Gasteiger partial charge in [0.1, 0.15) is 6.33 Å². The molecular weight excluding hydrogens is 454 g/mol. The number of ether oxygens (including phenoxy) is 1. The van der Waals surface area contributed by atoms with Gasteiger partial charge in [-0.15, -0.1) is 5.10 Å². The zero-order chi connectivity index (χ0) is 23.7. The van der Waals surface area contributed by atoms with Gasteiger partial charge < -0.3 is 9.64 Å². The quantitative estimate of drug-likeness (QED) is 0.537. The Morgan fingerprint density at radius 1 is 1.21 bits per heavy atom. The standard InChI is InChI=1S/C24H24ClN7O2/c1-16-20(7-8-21(25)24(16)26-2)22-13-30-9-10-31(12-19(30)14-34-22)23(33)11-17-3-5-18(6-4-17)32-15-27-28-29-32/h3-8,15,19,22H,9-14H2,1H3/t19-,22-/m0/s1. The van der Waals surface area contributed by atoms with Crippen molar-refractivity contribution >= 4 is 23.2 Å². The monoisotopic (exact) mass is 477 g/mol. The molecule has 3 heterocycles. The molecular formula is C24H24ClN7O2. The maximum atomic E-state index is 13.0. The summed E-state index contributed by atoms with van der Waals surface area (Å²) in [7, 11) is 0. The number of benzene rings is 2. The van der Waals surface area contributed by atoms with Gasteiger partial charge in [-0.1, -0.05) is 35.9 Å². The summed E-state index contributed by atoms with van der Waals surface area (Å²) >= 11 is 6.17. The van der Waals surface area contributed by atoms with Gasteiger partial charge in [0.25, 0.3) is 0 Å². The molecule has 10 heteroatoms. The Bertz CT molecular complexity index is 1220. The number of carbonyl (C=O) groups excluding carboxylic acids is 1. The molecule has 0 bridgehead atoms. The lowest BCUT2D eigenvalue weighted by atomic mass is 9.98. The molecule has 1 amide bonds. The molecule has 34 heavy (non-hydrogen) atoms. The Hall–Kier alpha value is -3.32. The van der Waals surface area contributed by atoms with E-state index in [1.807, 2.05) is 42.2 Å². The molecule has 1 aromatic heterocycles. The first-order valence-corrected chi connectivity index (χ1v) is 11.5. The highest BCUT2D eigenvalue weighted by molar-refractivity contribution is 6.33. The molecule has 0 saturated carbocycles. The fourth-order valence-corrected chi connectivity index (χ4v) is 4.95. The fourth-order valence-electron chi connectivity index (χ4n) is 4.70. The van der Waals surface area contributed by atoms with E-state index in [2.05, 4.69) is 25.3 Å². The van der Waals surface area contributed by atoms with Crippen LogP contribution in [0.15, 0.2) is 42.7 Å². The summed E-state index contributed by atoms with van der Waals surface area (Å²) in [6.45, 7) is 12.8. The van der Waals surface area contributed by atoms with Crippen LogP contribution >= 0.6 is 11.6 Å². The highest BCUT2D eigenvalue weighted by atomic mass is 35.5. The highest BCUT2D eigenvalue weighted by Crippen LogP contribution is 2.36. The number of carbonyl (C=O) groups is 1. The normalized spacial score (nSPS) is 20.6. The lowest BCUT2D eigenvalue weighted by Gasteiger charge is -2.46. The van der Waals surface area contributed by atoms with E-state index in [0.717, 1.165) is 35.5 Å². The maximum absolute atomic E-state index is 13.0. The molecule has 2 fully saturated rings. The van der Waals surface area contributed by atoms with E-state index in [-0.39, 0.29) is 18.1 Å². The summed E-state index contributed by atoms with van der Waals surface area (Å²) in [5.41, 5.74) is 4.19. The van der Waals surface area contributed by atoms with Crippen molar-refractivity contribution < 1.29 is 9.53 Å². The van der Waals surface area contributed by atoms with Crippen molar-refractivity contribution in [2.45, 2.75) is 25.5 Å². The third-order valence-corrected chi connectivity index (χ3v) is 6.94. The third kappa shape index (κ3) is 4.40. The molecule has 0 spiro atoms. The number of piperazine rings is 1. The minimum absolute atomic E-state index is 0.102. The molecule has 2 saturated heterocycles. The van der Waals surface area contributed by atoms with Crippen LogP contribution in [-0.2, 0) is 16.0 Å². The fraction of sp³-hybridized carbons (Fsp3) is 0.375. The Morgan fingerprint density at radius 3 is 2.76 bits per heavy atom. The van der Waals surface area contributed by atoms with Crippen molar-refractivity contribution in [3.63, 3.8) is 0 Å². The van der Waals surface area contributed by atoms with E-state index in [4.69, 9.17) is 22.9 Å². The molecule has 2 aliphatic heterocycles. The first kappa shape index (κ1) is 22.5. The zero-order valence-electron chi connectivity index (χ0n) is 18.8. The van der Waals surface area contributed by atoms with E-state index in [1.165, 1.54) is 6.33 Å². The predicted molar refractivity (Wildman–Crippen MR) is 126 cm³/mol. The summed E-state index contributed by atoms with van der Waals surface area (Å²) in [6, 6.07) is 11.6. The van der Waals surface area contributed by atoms with Crippen LogP contribution in [0.5, 0.6) is 0 Å². The van der Waals surface area contributed by atoms with Gasteiger partial charge in [-0.05, 0) is 46.2 Å². The second kappa shape index (κ2) is 9.50. The van der Waals surface area contributed by atoms with Crippen molar-refractivity contribution in [3.05, 3.63) is 75.9 Å². The van der Waals surface area contributed by atoms with Crippen LogP contribution in [0.25, 0.3) is 10.5 Å². The van der Waals surface area contributed by atoms with Crippen LogP contribution < -0.4 is 0 Å². The molecule has 0 N–H and O–H groups in total. The molecule has 0 unspecified atom stereocenters. The molecule has 174 valence electrons. The SMILES string of the molecule is [C-]#[N+]c1c(Cl)ccc([C@@H]2CN3CCN(C(=O)Cc4ccc(-n5cnnn5)cc4)C[C@H]3CO2)c1C. The number of halogens is 1. The first-order chi connectivity index (χ1) is 16.5. The van der Waals surface area contributed by atoms with Crippen molar-refractivity contribution in [1.29, 1.82) is 0 Å². The minimum Gasteiger partial charge on any atom is -0.371 e. The second-order valence-corrected chi connectivity index (χ2v) is 9.04. The first-order valence-electron chi connectivity index (χ1n) is 11.2. The lowest BCUT2D eigenvalue weighted by molar-refractivity contribution is -0.139. The largest absolute Gasteiger partial charge is 0.371 e. The summed E-state index contributed by atoms with van der Waals surface area (Å²) in [6.07, 6.45) is 1.79. The Labute approximate surface area is 202 Å². The molecule has 9 nitrogen and oxygen atoms in total. The molecule has 3 aromatic rings. The van der Waals surface area contributed by atoms with Crippen LogP contribution in [0.1, 0.15) is 22.8 Å². The number of rotatable bonds is 4. The van der Waals surface area contributed by atoms with E-state index in [9.17, 15) is 4.79 Å². The van der Waals surface area contributed by atoms with Gasteiger partial charge in [0.05, 0.1) is 37.4 Å². The average molecular weight is 478 g/mol. The topological polar surface area (TPSA) is 80.7 Å². The molecule has 2 aliphatic rings. The van der Waals surface area contributed by atoms with Crippen molar-refractivity contribution in [2.75, 3.05) is 32.8 Å². The summed E-state index contributed by atoms with van der Waals surface area (Å²) in [5.74, 6) is 0.118. The van der Waals surface area contributed by atoms with Gasteiger partial charge >= 0.3 is 0 Å². The van der Waals surface area contributed by atoms with Crippen LogP contribution in [0.4, 0.5) is 5.69 Å². The van der Waals surface area contributed by atoms with Gasteiger partial charge in [0.2, 0.25) is 11.6 Å². The number of fused-ring (bicyclic) bond motifs is 1. The number of hydrogen-bond donors (Lipinski definition) is 0. The molecule has 5 rings (SSSR count). The van der Waals surface area contributed by atoms with Crippen LogP contribution in [0.3, 0.4) is 0 Å². The van der Waals surface area contributed by atoms with E-state index in [0.29, 0.717) is 36.8 Å². The molecule has 0 aliphatic carbocycles. The summed E-state index contributed by atoms with van der Waals surface area (Å²) in [4.78, 5) is 20.9. The number of amides is 1. The number of tetrazole rings is 1. The molecule has 2 atom stereocenters. The number of morpholine rings is 1. The van der Waals surface area contributed by atoms with Gasteiger partial charge in [-0.3, -0.25) is 9.69 Å². The minimum atomic E-state index is -0.102. The van der Waals surface area contributed by atoms with Crippen molar-refractivity contribution in [3.8, 4) is 5.69 Å². The van der Waals surface area contributed by atoms with Crippen LogP contribution in [0.2, 0.25) is 5.02 Å². The number of nitrogens with zero attached hydrogens (tertiary/aromatic N) is 7. The third-order valence-electron chi connectivity index (χ3n) is 6.64. The lowest BCUT2D eigenvalue weighted by Crippen LogP contribution is -2.59. The van der Waals surface area contributed by atoms with E-state index in [1.54, 1.807) is 10.7 Å². The summed E-state index contributed by atoms with van der Waals surface area (Å²) < 4.78 is 7.78. The highest BCUT2D eigenvalue weighted by Gasteiger charge is 2.36. The summed E-state index contributed by atoms with van der Waals surface area (Å²) in [5, 5.41) is 11.6. The molecule has 0 radical (unpaired) electrons. The number of aromatic nitrogens is 4. The second-order valence-electron chi connectivity index (χ2n) is 8.63. The average Bonchev–Trinajstić information content (AvgIpc) is 3.39. The Morgan fingerprint density at radius 2 is 2.03 bits per heavy atom. The van der Waals surface area contributed by atoms with E-state index < -0.39 is 0 Å². The van der Waals surface area contributed by atoms with Gasteiger partial charge in [-0.25, -0.2) is 9.53 Å². The predicted octanol–water partition coefficient (Wildman–Crippen LogP) is 3.00. The smallest absolute Gasteiger partial charge is 0.227 e. The van der Waals surface area contributed by atoms with Crippen LogP contribution in [0, 0.1) is 13.5 Å². The van der Waals surface area contributed by atoms with Gasteiger partial charge in [0.15, 0.2) is 0 Å².